The predicted molar refractivity (Wildman–Crippen MR) is 76.6 cm³/mol. The molecule has 2 rings (SSSR count). The molecule has 0 saturated carbocycles. The number of hydrogen-bond acceptors (Lipinski definition) is 3. The largest absolute Gasteiger partial charge is 0.347 e. The minimum Gasteiger partial charge on any atom is -0.347 e. The number of aromatic nitrogens is 1. The van der Waals surface area contributed by atoms with Crippen LogP contribution in [0.15, 0.2) is 36.4 Å². The van der Waals surface area contributed by atoms with E-state index in [4.69, 9.17) is 28.5 Å². The SMILES string of the molecule is N#Cc1ccc(CNC(=O)c2nc(Cl)ccc2Cl)cc1. The van der Waals surface area contributed by atoms with Crippen molar-refractivity contribution >= 4 is 29.1 Å². The van der Waals surface area contributed by atoms with E-state index < -0.39 is 5.91 Å². The molecule has 2 aromatic rings. The number of carbonyl (C=O) groups is 1. The summed E-state index contributed by atoms with van der Waals surface area (Å²) in [6.45, 7) is 0.315. The van der Waals surface area contributed by atoms with Gasteiger partial charge < -0.3 is 5.32 Å². The van der Waals surface area contributed by atoms with Crippen LogP contribution in [-0.2, 0) is 6.54 Å². The molecule has 1 heterocycles. The van der Waals surface area contributed by atoms with Crippen LogP contribution in [0.3, 0.4) is 0 Å². The molecule has 0 aliphatic carbocycles. The normalized spacial score (nSPS) is 9.85. The number of nitriles is 1. The predicted octanol–water partition coefficient (Wildman–Crippen LogP) is 3.19. The lowest BCUT2D eigenvalue weighted by Gasteiger charge is -2.06. The van der Waals surface area contributed by atoms with E-state index in [1.807, 2.05) is 6.07 Å². The summed E-state index contributed by atoms with van der Waals surface area (Å²) in [5.41, 5.74) is 1.53. The number of rotatable bonds is 3. The molecule has 0 saturated heterocycles. The summed E-state index contributed by atoms with van der Waals surface area (Å²) in [7, 11) is 0. The quantitative estimate of drug-likeness (QED) is 0.886. The van der Waals surface area contributed by atoms with E-state index in [0.717, 1.165) is 5.56 Å². The van der Waals surface area contributed by atoms with Gasteiger partial charge in [0.2, 0.25) is 0 Å². The highest BCUT2D eigenvalue weighted by Gasteiger charge is 2.12. The summed E-state index contributed by atoms with van der Waals surface area (Å²) in [6, 6.07) is 12.0. The lowest BCUT2D eigenvalue weighted by Crippen LogP contribution is -2.24. The van der Waals surface area contributed by atoms with Crippen molar-refractivity contribution in [2.75, 3.05) is 0 Å². The fourth-order valence-electron chi connectivity index (χ4n) is 1.54. The van der Waals surface area contributed by atoms with Crippen LogP contribution in [0.5, 0.6) is 0 Å². The Labute approximate surface area is 126 Å². The molecule has 20 heavy (non-hydrogen) atoms. The first kappa shape index (κ1) is 14.3. The van der Waals surface area contributed by atoms with E-state index in [2.05, 4.69) is 10.3 Å². The van der Waals surface area contributed by atoms with Crippen LogP contribution in [0.4, 0.5) is 0 Å². The van der Waals surface area contributed by atoms with Gasteiger partial charge in [-0.25, -0.2) is 4.98 Å². The third-order valence-corrected chi connectivity index (χ3v) is 3.08. The number of nitrogens with one attached hydrogen (secondary N) is 1. The molecule has 1 aromatic carbocycles. The van der Waals surface area contributed by atoms with Gasteiger partial charge in [0, 0.05) is 6.54 Å². The van der Waals surface area contributed by atoms with Crippen LogP contribution >= 0.6 is 23.2 Å². The zero-order valence-corrected chi connectivity index (χ0v) is 11.7. The molecule has 1 amide bonds. The maximum absolute atomic E-state index is 11.9. The highest BCUT2D eigenvalue weighted by molar-refractivity contribution is 6.34. The molecule has 0 spiro atoms. The summed E-state index contributed by atoms with van der Waals surface area (Å²) in [6.07, 6.45) is 0. The highest BCUT2D eigenvalue weighted by Crippen LogP contribution is 2.16. The monoisotopic (exact) mass is 305 g/mol. The van der Waals surface area contributed by atoms with Crippen molar-refractivity contribution in [3.63, 3.8) is 0 Å². The molecule has 0 fully saturated rings. The van der Waals surface area contributed by atoms with Crippen LogP contribution in [0.2, 0.25) is 10.2 Å². The van der Waals surface area contributed by atoms with Crippen molar-refractivity contribution in [1.29, 1.82) is 5.26 Å². The van der Waals surface area contributed by atoms with Crippen molar-refractivity contribution < 1.29 is 4.79 Å². The Kier molecular flexibility index (Phi) is 4.57. The van der Waals surface area contributed by atoms with Crippen LogP contribution in [-0.4, -0.2) is 10.9 Å². The van der Waals surface area contributed by atoms with Gasteiger partial charge in [-0.1, -0.05) is 35.3 Å². The fraction of sp³-hybridized carbons (Fsp3) is 0.0714. The Morgan fingerprint density at radius 3 is 2.55 bits per heavy atom. The van der Waals surface area contributed by atoms with Gasteiger partial charge in [0.15, 0.2) is 0 Å². The van der Waals surface area contributed by atoms with E-state index >= 15 is 0 Å². The standard InChI is InChI=1S/C14H9Cl2N3O/c15-11-5-6-12(16)19-13(11)14(20)18-8-10-3-1-9(7-17)2-4-10/h1-6H,8H2,(H,18,20). The number of benzene rings is 1. The maximum atomic E-state index is 11.9. The van der Waals surface area contributed by atoms with Gasteiger partial charge in [0.1, 0.15) is 10.8 Å². The molecule has 0 unspecified atom stereocenters. The van der Waals surface area contributed by atoms with Crippen molar-refractivity contribution in [3.05, 3.63) is 63.4 Å². The van der Waals surface area contributed by atoms with Crippen LogP contribution in [0.25, 0.3) is 0 Å². The van der Waals surface area contributed by atoms with Crippen molar-refractivity contribution in [2.45, 2.75) is 6.54 Å². The van der Waals surface area contributed by atoms with E-state index in [-0.39, 0.29) is 15.9 Å². The first-order valence-corrected chi connectivity index (χ1v) is 6.45. The zero-order chi connectivity index (χ0) is 14.5. The number of pyridine rings is 1. The van der Waals surface area contributed by atoms with E-state index in [1.165, 1.54) is 12.1 Å². The Morgan fingerprint density at radius 2 is 1.90 bits per heavy atom. The molecule has 0 aliphatic rings. The van der Waals surface area contributed by atoms with Gasteiger partial charge in [0.05, 0.1) is 16.7 Å². The van der Waals surface area contributed by atoms with E-state index in [1.54, 1.807) is 24.3 Å². The van der Waals surface area contributed by atoms with Crippen LogP contribution < -0.4 is 5.32 Å². The van der Waals surface area contributed by atoms with Gasteiger partial charge in [0.25, 0.3) is 5.91 Å². The molecule has 1 aromatic heterocycles. The summed E-state index contributed by atoms with van der Waals surface area (Å²) in [4.78, 5) is 15.8. The molecule has 0 bridgehead atoms. The number of amides is 1. The lowest BCUT2D eigenvalue weighted by atomic mass is 10.1. The van der Waals surface area contributed by atoms with Gasteiger partial charge in [-0.3, -0.25) is 4.79 Å². The minimum atomic E-state index is -0.401. The molecule has 1 N–H and O–H groups in total. The third kappa shape index (κ3) is 3.47. The van der Waals surface area contributed by atoms with E-state index in [0.29, 0.717) is 12.1 Å². The van der Waals surface area contributed by atoms with Gasteiger partial charge >= 0.3 is 0 Å². The Hall–Kier alpha value is -2.09. The summed E-state index contributed by atoms with van der Waals surface area (Å²) in [5, 5.41) is 11.8. The lowest BCUT2D eigenvalue weighted by molar-refractivity contribution is 0.0946. The van der Waals surface area contributed by atoms with Crippen LogP contribution in [0.1, 0.15) is 21.6 Å². The molecule has 100 valence electrons. The van der Waals surface area contributed by atoms with Gasteiger partial charge in [-0.2, -0.15) is 5.26 Å². The number of nitrogens with zero attached hydrogens (tertiary/aromatic N) is 2. The second kappa shape index (κ2) is 6.38. The van der Waals surface area contributed by atoms with Gasteiger partial charge in [-0.15, -0.1) is 0 Å². The first-order chi connectivity index (χ1) is 9.60. The van der Waals surface area contributed by atoms with Crippen LogP contribution in [0, 0.1) is 11.3 Å². The van der Waals surface area contributed by atoms with Gasteiger partial charge in [-0.05, 0) is 29.8 Å². The summed E-state index contributed by atoms with van der Waals surface area (Å²) < 4.78 is 0. The first-order valence-electron chi connectivity index (χ1n) is 5.69. The minimum absolute atomic E-state index is 0.0906. The zero-order valence-electron chi connectivity index (χ0n) is 10.2. The molecule has 0 atom stereocenters. The fourth-order valence-corrected chi connectivity index (χ4v) is 1.88. The highest BCUT2D eigenvalue weighted by atomic mass is 35.5. The molecule has 0 radical (unpaired) electrons. The second-order valence-electron chi connectivity index (χ2n) is 3.96. The molecule has 6 heteroatoms. The Morgan fingerprint density at radius 1 is 1.20 bits per heavy atom. The number of halogens is 2. The average Bonchev–Trinajstić information content (AvgIpc) is 2.47. The Bertz CT molecular complexity index is 678. The maximum Gasteiger partial charge on any atom is 0.271 e. The smallest absolute Gasteiger partial charge is 0.271 e. The van der Waals surface area contributed by atoms with Crippen molar-refractivity contribution in [1.82, 2.24) is 10.3 Å². The molecule has 0 aliphatic heterocycles. The second-order valence-corrected chi connectivity index (χ2v) is 4.75. The summed E-state index contributed by atoms with van der Waals surface area (Å²) >= 11 is 11.6. The number of carbonyl (C=O) groups excluding carboxylic acids is 1. The molecule has 4 nitrogen and oxygen atoms in total. The summed E-state index contributed by atoms with van der Waals surface area (Å²) in [5.74, 6) is -0.401. The Balaban J connectivity index is 2.04. The van der Waals surface area contributed by atoms with Crippen molar-refractivity contribution in [2.24, 2.45) is 0 Å². The topological polar surface area (TPSA) is 65.8 Å². The number of hydrogen-bond donors (Lipinski definition) is 1. The molecular weight excluding hydrogens is 297 g/mol. The average molecular weight is 306 g/mol. The molecular formula is C14H9Cl2N3O. The van der Waals surface area contributed by atoms with Crippen molar-refractivity contribution in [3.8, 4) is 6.07 Å². The third-order valence-electron chi connectivity index (χ3n) is 2.56. The van der Waals surface area contributed by atoms with E-state index in [9.17, 15) is 4.79 Å².